The standard InChI is InChI=1S/C27H31N3O3S/c1-27(2)22(30-25(33)19-14-8-9-15-20(19)26(30)34-27)24(32)29-21(16-17-10-4-3-5-11-17)23(31)28-18-12-6-7-13-18/h3-5,8-11,14-15,18,21-22,26H,6-7,12-13,16H2,1-2H3,(H,28,31)(H,29,32)/t21-,22-,26+/m0/s1. The Balaban J connectivity index is 1.38. The molecule has 0 spiro atoms. The van der Waals surface area contributed by atoms with E-state index in [1.807, 2.05) is 68.4 Å². The summed E-state index contributed by atoms with van der Waals surface area (Å²) in [5.74, 6) is -0.544. The third-order valence-electron chi connectivity index (χ3n) is 7.16. The van der Waals surface area contributed by atoms with E-state index < -0.39 is 16.8 Å². The Bertz CT molecular complexity index is 1100. The van der Waals surface area contributed by atoms with Crippen LogP contribution in [0.15, 0.2) is 54.6 Å². The number of thioether (sulfide) groups is 1. The zero-order chi connectivity index (χ0) is 23.9. The molecule has 2 N–H and O–H groups in total. The number of fused-ring (bicyclic) bond motifs is 3. The first-order valence-corrected chi connectivity index (χ1v) is 13.0. The highest BCUT2D eigenvalue weighted by atomic mass is 32.2. The topological polar surface area (TPSA) is 78.5 Å². The zero-order valence-corrected chi connectivity index (χ0v) is 20.4. The molecule has 3 amide bonds. The molecule has 2 aromatic carbocycles. The molecule has 3 atom stereocenters. The van der Waals surface area contributed by atoms with Crippen molar-refractivity contribution in [3.8, 4) is 0 Å². The van der Waals surface area contributed by atoms with Crippen LogP contribution in [0.25, 0.3) is 0 Å². The average Bonchev–Trinajstić information content (AvgIpc) is 3.49. The van der Waals surface area contributed by atoms with Gasteiger partial charge in [0.1, 0.15) is 17.5 Å². The predicted molar refractivity (Wildman–Crippen MR) is 133 cm³/mol. The molecule has 2 aromatic rings. The molecule has 7 heteroatoms. The average molecular weight is 478 g/mol. The number of nitrogens with zero attached hydrogens (tertiary/aromatic N) is 1. The van der Waals surface area contributed by atoms with Gasteiger partial charge >= 0.3 is 0 Å². The highest BCUT2D eigenvalue weighted by Crippen LogP contribution is 2.56. The lowest BCUT2D eigenvalue weighted by Crippen LogP contribution is -2.58. The van der Waals surface area contributed by atoms with Crippen LogP contribution in [0, 0.1) is 0 Å². The minimum Gasteiger partial charge on any atom is -0.352 e. The summed E-state index contributed by atoms with van der Waals surface area (Å²) in [5.41, 5.74) is 2.60. The molecule has 5 rings (SSSR count). The maximum atomic E-state index is 13.7. The van der Waals surface area contributed by atoms with Crippen LogP contribution in [0.2, 0.25) is 0 Å². The van der Waals surface area contributed by atoms with Crippen LogP contribution in [0.5, 0.6) is 0 Å². The molecule has 0 radical (unpaired) electrons. The van der Waals surface area contributed by atoms with E-state index in [1.165, 1.54) is 0 Å². The van der Waals surface area contributed by atoms with E-state index in [1.54, 1.807) is 16.7 Å². The van der Waals surface area contributed by atoms with E-state index in [0.717, 1.165) is 36.8 Å². The van der Waals surface area contributed by atoms with Crippen LogP contribution >= 0.6 is 11.8 Å². The van der Waals surface area contributed by atoms with Gasteiger partial charge in [-0.25, -0.2) is 0 Å². The van der Waals surface area contributed by atoms with Crippen LogP contribution in [0.3, 0.4) is 0 Å². The van der Waals surface area contributed by atoms with Gasteiger partial charge < -0.3 is 15.5 Å². The van der Waals surface area contributed by atoms with Crippen LogP contribution < -0.4 is 10.6 Å². The molecule has 0 unspecified atom stereocenters. The molecule has 0 bridgehead atoms. The van der Waals surface area contributed by atoms with Gasteiger partial charge in [0.25, 0.3) is 5.91 Å². The first-order chi connectivity index (χ1) is 16.3. The Morgan fingerprint density at radius 1 is 1.06 bits per heavy atom. The quantitative estimate of drug-likeness (QED) is 0.663. The molecule has 1 aliphatic carbocycles. The van der Waals surface area contributed by atoms with Crippen LogP contribution in [-0.4, -0.2) is 45.5 Å². The second-order valence-electron chi connectivity index (χ2n) is 10.0. The molecular weight excluding hydrogens is 446 g/mol. The monoisotopic (exact) mass is 477 g/mol. The van der Waals surface area contributed by atoms with E-state index >= 15 is 0 Å². The Kier molecular flexibility index (Phi) is 6.15. The van der Waals surface area contributed by atoms with Gasteiger partial charge in [0.15, 0.2) is 0 Å². The lowest BCUT2D eigenvalue weighted by molar-refractivity contribution is -0.132. The summed E-state index contributed by atoms with van der Waals surface area (Å²) in [7, 11) is 0. The van der Waals surface area contributed by atoms with Crippen LogP contribution in [0.4, 0.5) is 0 Å². The number of carbonyl (C=O) groups excluding carboxylic acids is 3. The van der Waals surface area contributed by atoms with Gasteiger partial charge in [0.05, 0.1) is 0 Å². The molecule has 2 fully saturated rings. The Morgan fingerprint density at radius 2 is 1.74 bits per heavy atom. The zero-order valence-electron chi connectivity index (χ0n) is 19.6. The Labute approximate surface area is 204 Å². The molecule has 1 saturated heterocycles. The van der Waals surface area contributed by atoms with E-state index in [4.69, 9.17) is 0 Å². The van der Waals surface area contributed by atoms with E-state index in [0.29, 0.717) is 12.0 Å². The summed E-state index contributed by atoms with van der Waals surface area (Å²) in [6.45, 7) is 4.00. The van der Waals surface area contributed by atoms with Crippen LogP contribution in [0.1, 0.15) is 66.4 Å². The number of hydrogen-bond donors (Lipinski definition) is 2. The van der Waals surface area contributed by atoms with Gasteiger partial charge in [-0.1, -0.05) is 61.4 Å². The van der Waals surface area contributed by atoms with Gasteiger partial charge in [-0.05, 0) is 43.9 Å². The Hall–Kier alpha value is -2.80. The normalized spacial score (nSPS) is 23.9. The highest BCUT2D eigenvalue weighted by molar-refractivity contribution is 8.01. The van der Waals surface area contributed by atoms with Gasteiger partial charge in [0.2, 0.25) is 11.8 Å². The van der Waals surface area contributed by atoms with Gasteiger partial charge in [0, 0.05) is 22.8 Å². The predicted octanol–water partition coefficient (Wildman–Crippen LogP) is 3.82. The molecule has 178 valence electrons. The first-order valence-electron chi connectivity index (χ1n) is 12.1. The first kappa shape index (κ1) is 23.0. The largest absolute Gasteiger partial charge is 0.352 e. The number of nitrogens with one attached hydrogen (secondary N) is 2. The van der Waals surface area contributed by atoms with Crippen molar-refractivity contribution in [2.45, 2.75) is 74.2 Å². The van der Waals surface area contributed by atoms with Gasteiger partial charge in [-0.15, -0.1) is 11.8 Å². The smallest absolute Gasteiger partial charge is 0.256 e. The van der Waals surface area contributed by atoms with E-state index in [9.17, 15) is 14.4 Å². The van der Waals surface area contributed by atoms with E-state index in [-0.39, 0.29) is 29.1 Å². The van der Waals surface area contributed by atoms with Crippen molar-refractivity contribution >= 4 is 29.5 Å². The minimum atomic E-state index is -0.699. The van der Waals surface area contributed by atoms with Gasteiger partial charge in [-0.2, -0.15) is 0 Å². The molecular formula is C27H31N3O3S. The molecule has 2 heterocycles. The van der Waals surface area contributed by atoms with Crippen molar-refractivity contribution in [2.75, 3.05) is 0 Å². The molecule has 3 aliphatic rings. The highest BCUT2D eigenvalue weighted by Gasteiger charge is 2.57. The van der Waals surface area contributed by atoms with E-state index in [2.05, 4.69) is 10.6 Å². The Morgan fingerprint density at radius 3 is 2.47 bits per heavy atom. The number of hydrogen-bond acceptors (Lipinski definition) is 4. The molecule has 34 heavy (non-hydrogen) atoms. The lowest BCUT2D eigenvalue weighted by atomic mass is 9.99. The maximum Gasteiger partial charge on any atom is 0.256 e. The third kappa shape index (κ3) is 4.22. The fourth-order valence-electron chi connectivity index (χ4n) is 5.49. The van der Waals surface area contributed by atoms with Crippen molar-refractivity contribution in [1.82, 2.24) is 15.5 Å². The molecule has 1 saturated carbocycles. The summed E-state index contributed by atoms with van der Waals surface area (Å²) in [6.07, 6.45) is 4.60. The van der Waals surface area contributed by atoms with Crippen LogP contribution in [-0.2, 0) is 16.0 Å². The second-order valence-corrected chi connectivity index (χ2v) is 11.8. The van der Waals surface area contributed by atoms with Crippen molar-refractivity contribution in [1.29, 1.82) is 0 Å². The minimum absolute atomic E-state index is 0.117. The maximum absolute atomic E-state index is 13.7. The SMILES string of the molecule is CC1(C)S[C@@H]2c3ccccc3C(=O)N2[C@H]1C(=O)N[C@@H](Cc1ccccc1)C(=O)NC1CCCC1. The summed E-state index contributed by atoms with van der Waals surface area (Å²) in [5, 5.41) is 6.00. The fraction of sp³-hybridized carbons (Fsp3) is 0.444. The number of rotatable bonds is 6. The summed E-state index contributed by atoms with van der Waals surface area (Å²) < 4.78 is -0.489. The van der Waals surface area contributed by atoms with Gasteiger partial charge in [-0.3, -0.25) is 14.4 Å². The molecule has 6 nitrogen and oxygen atoms in total. The summed E-state index contributed by atoms with van der Waals surface area (Å²) >= 11 is 1.63. The van der Waals surface area contributed by atoms with Crippen molar-refractivity contribution < 1.29 is 14.4 Å². The molecule has 2 aliphatic heterocycles. The fourth-order valence-corrected chi connectivity index (χ4v) is 7.07. The second kappa shape index (κ2) is 9.10. The lowest BCUT2D eigenvalue weighted by Gasteiger charge is -2.31. The number of carbonyl (C=O) groups is 3. The number of benzene rings is 2. The number of amides is 3. The van der Waals surface area contributed by atoms with Crippen molar-refractivity contribution in [3.63, 3.8) is 0 Å². The van der Waals surface area contributed by atoms with Crippen molar-refractivity contribution in [3.05, 3.63) is 71.3 Å². The summed E-state index contributed by atoms with van der Waals surface area (Å²) in [4.78, 5) is 42.0. The summed E-state index contributed by atoms with van der Waals surface area (Å²) in [6, 6.07) is 16.1. The molecule has 0 aromatic heterocycles. The van der Waals surface area contributed by atoms with Crippen molar-refractivity contribution in [2.24, 2.45) is 0 Å². The third-order valence-corrected chi connectivity index (χ3v) is 8.70.